The summed E-state index contributed by atoms with van der Waals surface area (Å²) in [6, 6.07) is 4.73. The molecular weight excluding hydrogens is 253 g/mol. The predicted molar refractivity (Wildman–Crippen MR) is 73.6 cm³/mol. The van der Waals surface area contributed by atoms with Crippen LogP contribution in [-0.4, -0.2) is 29.1 Å². The molecule has 0 radical (unpaired) electrons. The van der Waals surface area contributed by atoms with E-state index >= 15 is 0 Å². The average Bonchev–Trinajstić information content (AvgIpc) is 2.35. The Balaban J connectivity index is 2.74. The van der Waals surface area contributed by atoms with Crippen LogP contribution in [-0.2, 0) is 6.54 Å². The van der Waals surface area contributed by atoms with Crippen LogP contribution in [0.15, 0.2) is 23.4 Å². The molecule has 0 aliphatic heterocycles. The molecule has 0 bridgehead atoms. The fraction of sp³-hybridized carbons (Fsp3) is 0.417. The standard InChI is InChI=1S/C12H18FN3OS/c1-8(7-18-2)15-6-9-3-10(12(14)16-17)5-11(13)4-9/h3-5,8,15,17H,6-7H2,1-2H3,(H2,14,16). The second kappa shape index (κ2) is 7.23. The zero-order valence-electron chi connectivity index (χ0n) is 10.5. The molecule has 0 fully saturated rings. The highest BCUT2D eigenvalue weighted by atomic mass is 32.2. The molecule has 1 aromatic carbocycles. The number of hydrogen-bond acceptors (Lipinski definition) is 4. The minimum atomic E-state index is -0.395. The number of hydrogen-bond donors (Lipinski definition) is 3. The van der Waals surface area contributed by atoms with Gasteiger partial charge in [-0.15, -0.1) is 0 Å². The largest absolute Gasteiger partial charge is 0.409 e. The lowest BCUT2D eigenvalue weighted by Crippen LogP contribution is -2.27. The molecule has 100 valence electrons. The zero-order valence-corrected chi connectivity index (χ0v) is 11.3. The number of halogens is 1. The summed E-state index contributed by atoms with van der Waals surface area (Å²) in [6.07, 6.45) is 2.04. The van der Waals surface area contributed by atoms with Gasteiger partial charge in [-0.1, -0.05) is 5.16 Å². The quantitative estimate of drug-likeness (QED) is 0.319. The number of amidine groups is 1. The van der Waals surface area contributed by atoms with Crippen LogP contribution in [0.25, 0.3) is 0 Å². The second-order valence-corrected chi connectivity index (χ2v) is 4.98. The number of thioether (sulfide) groups is 1. The molecule has 1 aromatic rings. The number of rotatable bonds is 6. The van der Waals surface area contributed by atoms with E-state index in [1.807, 2.05) is 6.26 Å². The van der Waals surface area contributed by atoms with E-state index in [0.29, 0.717) is 18.2 Å². The molecule has 0 aromatic heterocycles. The van der Waals surface area contributed by atoms with Crippen LogP contribution in [0.1, 0.15) is 18.1 Å². The second-order valence-electron chi connectivity index (χ2n) is 4.07. The van der Waals surface area contributed by atoms with Crippen molar-refractivity contribution in [2.45, 2.75) is 19.5 Å². The first-order chi connectivity index (χ1) is 8.56. The summed E-state index contributed by atoms with van der Waals surface area (Å²) >= 11 is 1.75. The van der Waals surface area contributed by atoms with E-state index in [1.54, 1.807) is 17.8 Å². The molecule has 4 N–H and O–H groups in total. The third-order valence-electron chi connectivity index (χ3n) is 2.43. The van der Waals surface area contributed by atoms with Crippen molar-refractivity contribution in [2.24, 2.45) is 10.9 Å². The Morgan fingerprint density at radius 2 is 2.28 bits per heavy atom. The van der Waals surface area contributed by atoms with E-state index in [2.05, 4.69) is 17.4 Å². The van der Waals surface area contributed by atoms with Crippen molar-refractivity contribution >= 4 is 17.6 Å². The number of nitrogens with one attached hydrogen (secondary N) is 1. The van der Waals surface area contributed by atoms with E-state index in [-0.39, 0.29) is 5.84 Å². The van der Waals surface area contributed by atoms with Crippen LogP contribution in [0.5, 0.6) is 0 Å². The SMILES string of the molecule is CSCC(C)NCc1cc(F)cc(/C(N)=N/O)c1. The van der Waals surface area contributed by atoms with Crippen molar-refractivity contribution in [3.05, 3.63) is 35.1 Å². The van der Waals surface area contributed by atoms with Gasteiger partial charge in [0.15, 0.2) is 5.84 Å². The van der Waals surface area contributed by atoms with Crippen LogP contribution in [0.3, 0.4) is 0 Å². The highest BCUT2D eigenvalue weighted by molar-refractivity contribution is 7.98. The monoisotopic (exact) mass is 271 g/mol. The van der Waals surface area contributed by atoms with Crippen molar-refractivity contribution in [1.29, 1.82) is 0 Å². The summed E-state index contributed by atoms with van der Waals surface area (Å²) in [4.78, 5) is 0. The summed E-state index contributed by atoms with van der Waals surface area (Å²) < 4.78 is 13.4. The van der Waals surface area contributed by atoms with Crippen LogP contribution in [0.4, 0.5) is 4.39 Å². The Hall–Kier alpha value is -1.27. The van der Waals surface area contributed by atoms with Gasteiger partial charge in [0.05, 0.1) is 0 Å². The van der Waals surface area contributed by atoms with Crippen LogP contribution in [0.2, 0.25) is 0 Å². The number of oxime groups is 1. The maximum absolute atomic E-state index is 13.4. The molecule has 4 nitrogen and oxygen atoms in total. The van der Waals surface area contributed by atoms with Crippen LogP contribution < -0.4 is 11.1 Å². The molecule has 0 aliphatic carbocycles. The van der Waals surface area contributed by atoms with Gasteiger partial charge in [0.25, 0.3) is 0 Å². The number of nitrogens with zero attached hydrogens (tertiary/aromatic N) is 1. The van der Waals surface area contributed by atoms with E-state index in [1.165, 1.54) is 12.1 Å². The van der Waals surface area contributed by atoms with Gasteiger partial charge in [0.1, 0.15) is 5.82 Å². The van der Waals surface area contributed by atoms with Crippen molar-refractivity contribution in [2.75, 3.05) is 12.0 Å². The van der Waals surface area contributed by atoms with Crippen molar-refractivity contribution in [3.63, 3.8) is 0 Å². The minimum Gasteiger partial charge on any atom is -0.409 e. The zero-order chi connectivity index (χ0) is 13.5. The van der Waals surface area contributed by atoms with E-state index in [0.717, 1.165) is 11.3 Å². The van der Waals surface area contributed by atoms with Gasteiger partial charge in [0, 0.05) is 23.9 Å². The lowest BCUT2D eigenvalue weighted by Gasteiger charge is -2.13. The molecule has 0 heterocycles. The van der Waals surface area contributed by atoms with E-state index < -0.39 is 5.82 Å². The van der Waals surface area contributed by atoms with Gasteiger partial charge in [0.2, 0.25) is 0 Å². The fourth-order valence-corrected chi connectivity index (χ4v) is 2.18. The number of benzene rings is 1. The van der Waals surface area contributed by atoms with Gasteiger partial charge in [-0.05, 0) is 36.9 Å². The molecular formula is C12H18FN3OS. The summed E-state index contributed by atoms with van der Waals surface area (Å²) in [6.45, 7) is 2.62. The first kappa shape index (κ1) is 14.8. The Kier molecular flexibility index (Phi) is 5.94. The first-order valence-corrected chi connectivity index (χ1v) is 6.96. The van der Waals surface area contributed by atoms with Crippen molar-refractivity contribution < 1.29 is 9.60 Å². The third-order valence-corrected chi connectivity index (χ3v) is 3.27. The van der Waals surface area contributed by atoms with Crippen molar-refractivity contribution in [1.82, 2.24) is 5.32 Å². The molecule has 1 atom stereocenters. The Bertz CT molecular complexity index is 426. The Morgan fingerprint density at radius 3 is 2.89 bits per heavy atom. The summed E-state index contributed by atoms with van der Waals surface area (Å²) in [5, 5.41) is 14.7. The van der Waals surface area contributed by atoms with Crippen LogP contribution >= 0.6 is 11.8 Å². The smallest absolute Gasteiger partial charge is 0.170 e. The first-order valence-electron chi connectivity index (χ1n) is 5.56. The van der Waals surface area contributed by atoms with Gasteiger partial charge in [-0.2, -0.15) is 11.8 Å². The normalized spacial score (nSPS) is 13.6. The van der Waals surface area contributed by atoms with Crippen molar-refractivity contribution in [3.8, 4) is 0 Å². The minimum absolute atomic E-state index is 0.0899. The molecule has 1 rings (SSSR count). The maximum atomic E-state index is 13.4. The lowest BCUT2D eigenvalue weighted by atomic mass is 10.1. The molecule has 0 saturated heterocycles. The molecule has 6 heteroatoms. The summed E-state index contributed by atoms with van der Waals surface area (Å²) in [5.74, 6) is 0.504. The molecule has 0 spiro atoms. The Labute approximate surface area is 110 Å². The lowest BCUT2D eigenvalue weighted by molar-refractivity contribution is 0.318. The van der Waals surface area contributed by atoms with Gasteiger partial charge in [-0.3, -0.25) is 0 Å². The predicted octanol–water partition coefficient (Wildman–Crippen LogP) is 1.76. The molecule has 0 saturated carbocycles. The Morgan fingerprint density at radius 1 is 1.56 bits per heavy atom. The average molecular weight is 271 g/mol. The van der Waals surface area contributed by atoms with E-state index in [4.69, 9.17) is 10.9 Å². The molecule has 1 unspecified atom stereocenters. The highest BCUT2D eigenvalue weighted by Gasteiger charge is 2.06. The van der Waals surface area contributed by atoms with E-state index in [9.17, 15) is 4.39 Å². The summed E-state index contributed by atoms with van der Waals surface area (Å²) in [7, 11) is 0. The van der Waals surface area contributed by atoms with Gasteiger partial charge in [-0.25, -0.2) is 4.39 Å². The molecule has 0 amide bonds. The summed E-state index contributed by atoms with van der Waals surface area (Å²) in [5.41, 5.74) is 6.59. The number of nitrogens with two attached hydrogens (primary N) is 1. The fourth-order valence-electron chi connectivity index (χ4n) is 1.56. The third kappa shape index (κ3) is 4.54. The highest BCUT2D eigenvalue weighted by Crippen LogP contribution is 2.10. The van der Waals surface area contributed by atoms with Crippen LogP contribution in [0, 0.1) is 5.82 Å². The maximum Gasteiger partial charge on any atom is 0.170 e. The molecule has 18 heavy (non-hydrogen) atoms. The molecule has 0 aliphatic rings. The van der Waals surface area contributed by atoms with Gasteiger partial charge < -0.3 is 16.3 Å². The van der Waals surface area contributed by atoms with Gasteiger partial charge >= 0.3 is 0 Å². The topological polar surface area (TPSA) is 70.6 Å².